The Balaban J connectivity index is 1.74. The molecule has 1 amide bonds. The predicted octanol–water partition coefficient (Wildman–Crippen LogP) is 2.74. The molecule has 1 aromatic carbocycles. The number of Topliss-reactive ketones (excluding diaryl/α,β-unsaturated/α-hetero) is 1. The first-order valence-electron chi connectivity index (χ1n) is 9.73. The highest BCUT2D eigenvalue weighted by Gasteiger charge is 2.46. The second kappa shape index (κ2) is 8.13. The van der Waals surface area contributed by atoms with Crippen molar-refractivity contribution in [3.8, 4) is 0 Å². The van der Waals surface area contributed by atoms with E-state index in [9.17, 15) is 19.1 Å². The number of carbonyl (C=O) groups excluding carboxylic acids is 2. The molecule has 1 unspecified atom stereocenters. The molecule has 0 radical (unpaired) electrons. The number of benzene rings is 1. The SMILES string of the molecule is O=C1C(=O)N(CCN2CCCC2)C(c2cccnc2)/C1=C(\O)c1ccc(F)cc1. The van der Waals surface area contributed by atoms with E-state index in [1.54, 1.807) is 24.5 Å². The van der Waals surface area contributed by atoms with Crippen LogP contribution in [0.3, 0.4) is 0 Å². The summed E-state index contributed by atoms with van der Waals surface area (Å²) in [5, 5.41) is 10.9. The molecule has 2 aliphatic rings. The number of rotatable bonds is 5. The van der Waals surface area contributed by atoms with Gasteiger partial charge in [-0.25, -0.2) is 4.39 Å². The number of aromatic nitrogens is 1. The smallest absolute Gasteiger partial charge is 0.295 e. The number of pyridine rings is 1. The maximum absolute atomic E-state index is 13.3. The molecule has 6 nitrogen and oxygen atoms in total. The lowest BCUT2D eigenvalue weighted by molar-refractivity contribution is -0.140. The van der Waals surface area contributed by atoms with Crippen molar-refractivity contribution in [2.75, 3.05) is 26.2 Å². The molecule has 2 aromatic rings. The first-order valence-corrected chi connectivity index (χ1v) is 9.73. The Hall–Kier alpha value is -3.06. The Kier molecular flexibility index (Phi) is 5.40. The zero-order valence-electron chi connectivity index (χ0n) is 15.9. The van der Waals surface area contributed by atoms with Gasteiger partial charge in [-0.3, -0.25) is 14.6 Å². The molecule has 1 atom stereocenters. The van der Waals surface area contributed by atoms with Gasteiger partial charge in [-0.2, -0.15) is 0 Å². The van der Waals surface area contributed by atoms with Crippen LogP contribution in [0.2, 0.25) is 0 Å². The van der Waals surface area contributed by atoms with E-state index in [2.05, 4.69) is 9.88 Å². The van der Waals surface area contributed by atoms with Crippen LogP contribution in [0.15, 0.2) is 54.4 Å². The lowest BCUT2D eigenvalue weighted by Gasteiger charge is -2.27. The summed E-state index contributed by atoms with van der Waals surface area (Å²) in [5.41, 5.74) is 0.950. The molecular weight excluding hydrogens is 373 g/mol. The minimum absolute atomic E-state index is 0.0102. The quantitative estimate of drug-likeness (QED) is 0.479. The first-order chi connectivity index (χ1) is 14.1. The molecule has 1 aromatic heterocycles. The first kappa shape index (κ1) is 19.3. The van der Waals surface area contributed by atoms with Gasteiger partial charge in [-0.05, 0) is 61.8 Å². The average molecular weight is 395 g/mol. The van der Waals surface area contributed by atoms with Crippen molar-refractivity contribution in [1.82, 2.24) is 14.8 Å². The summed E-state index contributed by atoms with van der Waals surface area (Å²) in [6, 6.07) is 7.98. The summed E-state index contributed by atoms with van der Waals surface area (Å²) in [6.07, 6.45) is 5.47. The molecule has 29 heavy (non-hydrogen) atoms. The van der Waals surface area contributed by atoms with Crippen LogP contribution < -0.4 is 0 Å². The van der Waals surface area contributed by atoms with Gasteiger partial charge in [-0.15, -0.1) is 0 Å². The third-order valence-corrected chi connectivity index (χ3v) is 5.51. The Morgan fingerprint density at radius 3 is 2.48 bits per heavy atom. The van der Waals surface area contributed by atoms with Crippen LogP contribution in [0.1, 0.15) is 30.0 Å². The van der Waals surface area contributed by atoms with Crippen LogP contribution in [0.5, 0.6) is 0 Å². The van der Waals surface area contributed by atoms with Crippen molar-refractivity contribution in [3.63, 3.8) is 0 Å². The summed E-state index contributed by atoms with van der Waals surface area (Å²) >= 11 is 0. The average Bonchev–Trinajstić information content (AvgIpc) is 3.34. The Bertz CT molecular complexity index is 938. The van der Waals surface area contributed by atoms with Crippen molar-refractivity contribution in [2.45, 2.75) is 18.9 Å². The summed E-state index contributed by atoms with van der Waals surface area (Å²) in [5.74, 6) is -2.12. The van der Waals surface area contributed by atoms with Gasteiger partial charge in [0, 0.05) is 31.0 Å². The van der Waals surface area contributed by atoms with Crippen LogP contribution in [0.25, 0.3) is 5.76 Å². The molecule has 0 aliphatic carbocycles. The van der Waals surface area contributed by atoms with Gasteiger partial charge in [0.25, 0.3) is 11.7 Å². The zero-order valence-corrected chi connectivity index (χ0v) is 15.9. The number of amides is 1. The topological polar surface area (TPSA) is 73.7 Å². The molecule has 150 valence electrons. The van der Waals surface area contributed by atoms with Crippen LogP contribution in [0, 0.1) is 5.82 Å². The maximum Gasteiger partial charge on any atom is 0.295 e. The summed E-state index contributed by atoms with van der Waals surface area (Å²) in [4.78, 5) is 33.6. The van der Waals surface area contributed by atoms with E-state index in [1.807, 2.05) is 0 Å². The number of ketones is 1. The lowest BCUT2D eigenvalue weighted by atomic mass is 9.96. The highest BCUT2D eigenvalue weighted by Crippen LogP contribution is 2.39. The van der Waals surface area contributed by atoms with Crippen LogP contribution in [-0.4, -0.2) is 57.8 Å². The fourth-order valence-electron chi connectivity index (χ4n) is 4.01. The normalized spacial score (nSPS) is 21.8. The van der Waals surface area contributed by atoms with E-state index < -0.39 is 23.5 Å². The van der Waals surface area contributed by atoms with Crippen molar-refractivity contribution in [3.05, 3.63) is 71.3 Å². The minimum Gasteiger partial charge on any atom is -0.507 e. The summed E-state index contributed by atoms with van der Waals surface area (Å²) in [6.45, 7) is 3.01. The van der Waals surface area contributed by atoms with E-state index >= 15 is 0 Å². The summed E-state index contributed by atoms with van der Waals surface area (Å²) < 4.78 is 13.3. The maximum atomic E-state index is 13.3. The number of likely N-dealkylation sites (tertiary alicyclic amines) is 2. The van der Waals surface area contributed by atoms with Crippen molar-refractivity contribution in [1.29, 1.82) is 0 Å². The molecule has 2 aliphatic heterocycles. The number of hydrogen-bond acceptors (Lipinski definition) is 5. The highest BCUT2D eigenvalue weighted by atomic mass is 19.1. The lowest BCUT2D eigenvalue weighted by Crippen LogP contribution is -2.37. The second-order valence-corrected chi connectivity index (χ2v) is 7.33. The Morgan fingerprint density at radius 2 is 1.83 bits per heavy atom. The number of hydrogen-bond donors (Lipinski definition) is 1. The van der Waals surface area contributed by atoms with Crippen molar-refractivity contribution in [2.24, 2.45) is 0 Å². The van der Waals surface area contributed by atoms with E-state index in [4.69, 9.17) is 0 Å². The van der Waals surface area contributed by atoms with Crippen LogP contribution in [0.4, 0.5) is 4.39 Å². The Morgan fingerprint density at radius 1 is 1.10 bits per heavy atom. The largest absolute Gasteiger partial charge is 0.507 e. The van der Waals surface area contributed by atoms with Crippen LogP contribution >= 0.6 is 0 Å². The van der Waals surface area contributed by atoms with Crippen molar-refractivity contribution >= 4 is 17.4 Å². The molecule has 0 saturated carbocycles. The molecule has 2 fully saturated rings. The van der Waals surface area contributed by atoms with Gasteiger partial charge in [0.2, 0.25) is 0 Å². The molecule has 7 heteroatoms. The second-order valence-electron chi connectivity index (χ2n) is 7.33. The van der Waals surface area contributed by atoms with Crippen molar-refractivity contribution < 1.29 is 19.1 Å². The molecule has 0 spiro atoms. The van der Waals surface area contributed by atoms with E-state index in [-0.39, 0.29) is 16.9 Å². The fraction of sp³-hybridized carbons (Fsp3) is 0.318. The van der Waals surface area contributed by atoms with Gasteiger partial charge in [-0.1, -0.05) is 6.07 Å². The number of aliphatic hydroxyl groups is 1. The fourth-order valence-corrected chi connectivity index (χ4v) is 4.01. The van der Waals surface area contributed by atoms with Crippen LogP contribution in [-0.2, 0) is 9.59 Å². The number of aliphatic hydroxyl groups excluding tert-OH is 1. The summed E-state index contributed by atoms with van der Waals surface area (Å²) in [7, 11) is 0. The molecular formula is C22H22FN3O3. The molecule has 2 saturated heterocycles. The van der Waals surface area contributed by atoms with Gasteiger partial charge >= 0.3 is 0 Å². The zero-order chi connectivity index (χ0) is 20.4. The van der Waals surface area contributed by atoms with Gasteiger partial charge in [0.15, 0.2) is 0 Å². The third kappa shape index (κ3) is 3.78. The van der Waals surface area contributed by atoms with E-state index in [0.29, 0.717) is 18.7 Å². The molecule has 1 N–H and O–H groups in total. The number of carbonyl (C=O) groups is 2. The monoisotopic (exact) mass is 395 g/mol. The van der Waals surface area contributed by atoms with E-state index in [1.165, 1.54) is 29.2 Å². The minimum atomic E-state index is -0.734. The molecule has 0 bridgehead atoms. The van der Waals surface area contributed by atoms with Gasteiger partial charge < -0.3 is 14.9 Å². The van der Waals surface area contributed by atoms with E-state index in [0.717, 1.165) is 25.9 Å². The van der Waals surface area contributed by atoms with Gasteiger partial charge in [0.05, 0.1) is 11.6 Å². The third-order valence-electron chi connectivity index (χ3n) is 5.51. The Labute approximate surface area is 168 Å². The molecule has 4 rings (SSSR count). The predicted molar refractivity (Wildman–Crippen MR) is 105 cm³/mol. The van der Waals surface area contributed by atoms with Gasteiger partial charge in [0.1, 0.15) is 11.6 Å². The number of nitrogens with zero attached hydrogens (tertiary/aromatic N) is 3. The number of halogens is 1. The highest BCUT2D eigenvalue weighted by molar-refractivity contribution is 6.46. The molecule has 3 heterocycles. The standard InChI is InChI=1S/C22H22FN3O3/c23-17-7-5-15(6-8-17)20(27)18-19(16-4-3-9-24-14-16)26(22(29)21(18)28)13-12-25-10-1-2-11-25/h3-9,14,19,27H,1-2,10-13H2/b20-18+.